The van der Waals surface area contributed by atoms with Gasteiger partial charge in [0.15, 0.2) is 10.1 Å². The Morgan fingerprint density at radius 3 is 2.71 bits per heavy atom. The summed E-state index contributed by atoms with van der Waals surface area (Å²) in [6.07, 6.45) is 0. The van der Waals surface area contributed by atoms with E-state index in [2.05, 4.69) is 15.9 Å². The van der Waals surface area contributed by atoms with Crippen LogP contribution in [0.1, 0.15) is 0 Å². The third-order valence-corrected chi connectivity index (χ3v) is 4.24. The topological polar surface area (TPSA) is 32.3 Å². The van der Waals surface area contributed by atoms with E-state index in [1.165, 1.54) is 6.07 Å². The first-order valence-corrected chi connectivity index (χ1v) is 6.12. The molecule has 0 radical (unpaired) electrons. The van der Waals surface area contributed by atoms with E-state index in [0.29, 0.717) is 22.6 Å². The Labute approximate surface area is 92.8 Å². The molecule has 0 amide bonds. The minimum Gasteiger partial charge on any atom is -0.611 e. The van der Waals surface area contributed by atoms with E-state index in [-0.39, 0.29) is 11.1 Å². The molecule has 1 saturated heterocycles. The number of rotatable bonds is 2. The lowest BCUT2D eigenvalue weighted by molar-refractivity contribution is 0.0415. The van der Waals surface area contributed by atoms with Crippen LogP contribution in [-0.2, 0) is 15.9 Å². The average molecular weight is 279 g/mol. The van der Waals surface area contributed by atoms with E-state index in [1.54, 1.807) is 12.1 Å². The van der Waals surface area contributed by atoms with Crippen molar-refractivity contribution in [3.05, 3.63) is 28.5 Å². The summed E-state index contributed by atoms with van der Waals surface area (Å²) in [6, 6.07) is 4.43. The van der Waals surface area contributed by atoms with Crippen LogP contribution in [0.25, 0.3) is 0 Å². The Balaban J connectivity index is 2.18. The summed E-state index contributed by atoms with van der Waals surface area (Å²) in [5.41, 5.74) is 0. The third kappa shape index (κ3) is 1.95. The lowest BCUT2D eigenvalue weighted by Gasteiger charge is -2.27. The highest BCUT2D eigenvalue weighted by molar-refractivity contribution is 9.10. The highest BCUT2D eigenvalue weighted by Gasteiger charge is 2.32. The number of hydrogen-bond donors (Lipinski definition) is 0. The molecule has 1 aliphatic heterocycles. The van der Waals surface area contributed by atoms with Crippen LogP contribution in [0.15, 0.2) is 27.6 Å². The van der Waals surface area contributed by atoms with Crippen LogP contribution in [0.5, 0.6) is 0 Å². The van der Waals surface area contributed by atoms with E-state index >= 15 is 0 Å². The first-order chi connectivity index (χ1) is 6.68. The Morgan fingerprint density at radius 2 is 2.21 bits per heavy atom. The van der Waals surface area contributed by atoms with Crippen molar-refractivity contribution in [2.45, 2.75) is 10.1 Å². The van der Waals surface area contributed by atoms with E-state index in [9.17, 15) is 8.94 Å². The van der Waals surface area contributed by atoms with Crippen molar-refractivity contribution in [3.8, 4) is 0 Å². The molecule has 2 nitrogen and oxygen atoms in total. The van der Waals surface area contributed by atoms with Crippen LogP contribution in [0.2, 0.25) is 0 Å². The molecule has 5 heteroatoms. The molecular weight excluding hydrogens is 271 g/mol. The van der Waals surface area contributed by atoms with Gasteiger partial charge in [-0.2, -0.15) is 0 Å². The molecule has 1 unspecified atom stereocenters. The largest absolute Gasteiger partial charge is 0.611 e. The fraction of sp³-hybridized carbons (Fsp3) is 0.333. The van der Waals surface area contributed by atoms with Crippen LogP contribution in [0, 0.1) is 5.82 Å². The Kier molecular flexibility index (Phi) is 3.11. The first-order valence-electron chi connectivity index (χ1n) is 4.12. The van der Waals surface area contributed by atoms with Crippen molar-refractivity contribution in [1.29, 1.82) is 0 Å². The van der Waals surface area contributed by atoms with Crippen molar-refractivity contribution in [2.24, 2.45) is 0 Å². The Morgan fingerprint density at radius 1 is 1.50 bits per heavy atom. The zero-order valence-corrected chi connectivity index (χ0v) is 9.61. The molecule has 1 heterocycles. The predicted octanol–water partition coefficient (Wildman–Crippen LogP) is 2.09. The quantitative estimate of drug-likeness (QED) is 0.776. The highest BCUT2D eigenvalue weighted by atomic mass is 79.9. The van der Waals surface area contributed by atoms with Gasteiger partial charge >= 0.3 is 0 Å². The summed E-state index contributed by atoms with van der Waals surface area (Å²) >= 11 is 1.98. The second-order valence-electron chi connectivity index (χ2n) is 3.03. The molecule has 0 aliphatic carbocycles. The van der Waals surface area contributed by atoms with Gasteiger partial charge in [0.25, 0.3) is 0 Å². The van der Waals surface area contributed by atoms with Crippen molar-refractivity contribution in [2.75, 3.05) is 13.2 Å². The molecule has 2 rings (SSSR count). The molecule has 1 atom stereocenters. The van der Waals surface area contributed by atoms with Crippen LogP contribution in [0.4, 0.5) is 4.39 Å². The van der Waals surface area contributed by atoms with Gasteiger partial charge in [-0.1, -0.05) is 0 Å². The second-order valence-corrected chi connectivity index (χ2v) is 5.62. The van der Waals surface area contributed by atoms with Crippen molar-refractivity contribution >= 4 is 27.1 Å². The second kappa shape index (κ2) is 4.18. The first kappa shape index (κ1) is 10.4. The van der Waals surface area contributed by atoms with E-state index in [0.717, 1.165) is 0 Å². The number of halogens is 2. The smallest absolute Gasteiger partial charge is 0.167 e. The van der Waals surface area contributed by atoms with E-state index < -0.39 is 11.2 Å². The fourth-order valence-corrected chi connectivity index (χ4v) is 2.92. The molecular formula is C9H8BrFO2S. The predicted molar refractivity (Wildman–Crippen MR) is 55.1 cm³/mol. The van der Waals surface area contributed by atoms with Gasteiger partial charge in [-0.15, -0.1) is 0 Å². The summed E-state index contributed by atoms with van der Waals surface area (Å²) in [4.78, 5) is 0.645. The molecule has 0 aromatic heterocycles. The van der Waals surface area contributed by atoms with Gasteiger partial charge in [-0.3, -0.25) is 0 Å². The van der Waals surface area contributed by atoms with Crippen LogP contribution in [0.3, 0.4) is 0 Å². The lowest BCUT2D eigenvalue weighted by Crippen LogP contribution is -2.40. The van der Waals surface area contributed by atoms with Gasteiger partial charge in [0.2, 0.25) is 0 Å². The standard InChI is InChI=1S/C9H8BrFO2S/c10-8-3-6(1-2-9(8)11)14(12)7-4-13-5-7/h1-3,7H,4-5H2. The van der Waals surface area contributed by atoms with Crippen molar-refractivity contribution in [3.63, 3.8) is 0 Å². The van der Waals surface area contributed by atoms with Gasteiger partial charge in [-0.05, 0) is 39.2 Å². The van der Waals surface area contributed by atoms with Gasteiger partial charge in [0.1, 0.15) is 5.82 Å². The highest BCUT2D eigenvalue weighted by Crippen LogP contribution is 2.25. The van der Waals surface area contributed by atoms with Crippen molar-refractivity contribution < 1.29 is 13.7 Å². The molecule has 0 N–H and O–H groups in total. The molecule has 0 spiro atoms. The summed E-state index contributed by atoms with van der Waals surface area (Å²) in [6.45, 7) is 1.06. The normalized spacial score (nSPS) is 19.1. The number of hydrogen-bond acceptors (Lipinski definition) is 2. The van der Waals surface area contributed by atoms with Gasteiger partial charge in [-0.25, -0.2) is 4.39 Å². The van der Waals surface area contributed by atoms with Crippen LogP contribution in [-0.4, -0.2) is 23.0 Å². The Hall–Kier alpha value is -0.100. The van der Waals surface area contributed by atoms with Crippen LogP contribution >= 0.6 is 15.9 Å². The summed E-state index contributed by atoms with van der Waals surface area (Å²) in [5.74, 6) is -0.337. The molecule has 1 aliphatic rings. The van der Waals surface area contributed by atoms with Gasteiger partial charge in [0.05, 0.1) is 17.7 Å². The summed E-state index contributed by atoms with van der Waals surface area (Å²) < 4.78 is 30.0. The number of benzene rings is 1. The van der Waals surface area contributed by atoms with Gasteiger partial charge < -0.3 is 9.29 Å². The zero-order valence-electron chi connectivity index (χ0n) is 7.20. The van der Waals surface area contributed by atoms with E-state index in [1.807, 2.05) is 0 Å². The van der Waals surface area contributed by atoms with E-state index in [4.69, 9.17) is 4.74 Å². The molecule has 76 valence electrons. The average Bonchev–Trinajstić information content (AvgIpc) is 2.06. The fourth-order valence-electron chi connectivity index (χ4n) is 1.13. The lowest BCUT2D eigenvalue weighted by atomic mass is 10.3. The summed E-state index contributed by atoms with van der Waals surface area (Å²) in [7, 11) is 0. The molecule has 0 bridgehead atoms. The summed E-state index contributed by atoms with van der Waals surface area (Å²) in [5, 5.41) is 0.0624. The van der Waals surface area contributed by atoms with Gasteiger partial charge in [0, 0.05) is 6.07 Å². The minimum atomic E-state index is -1.08. The maximum absolute atomic E-state index is 12.9. The Bertz CT molecular complexity index is 344. The molecule has 14 heavy (non-hydrogen) atoms. The zero-order chi connectivity index (χ0) is 10.1. The maximum atomic E-state index is 12.9. The molecule has 0 saturated carbocycles. The molecule has 1 fully saturated rings. The maximum Gasteiger partial charge on any atom is 0.167 e. The molecule has 1 aromatic rings. The SMILES string of the molecule is [O-][S+](c1ccc(F)c(Br)c1)C1COC1. The van der Waals surface area contributed by atoms with Crippen molar-refractivity contribution in [1.82, 2.24) is 0 Å². The number of ether oxygens (including phenoxy) is 1. The van der Waals surface area contributed by atoms with Crippen LogP contribution < -0.4 is 0 Å². The minimum absolute atomic E-state index is 0.0624. The molecule has 1 aromatic carbocycles. The monoisotopic (exact) mass is 278 g/mol. The third-order valence-electron chi connectivity index (χ3n) is 2.03.